The molecular weight excluding hydrogens is 264 g/mol. The van der Waals surface area contributed by atoms with Crippen molar-refractivity contribution in [1.82, 2.24) is 25.0 Å². The molecule has 0 radical (unpaired) electrons. The molecule has 2 N–H and O–H groups in total. The topological polar surface area (TPSA) is 61.2 Å². The maximum atomic E-state index is 4.44. The molecule has 0 aromatic carbocycles. The Morgan fingerprint density at radius 1 is 1.48 bits per heavy atom. The zero-order valence-corrected chi connectivity index (χ0v) is 13.4. The highest BCUT2D eigenvalue weighted by atomic mass is 15.3. The first-order valence-electron chi connectivity index (χ1n) is 7.06. The van der Waals surface area contributed by atoms with Gasteiger partial charge in [0.15, 0.2) is 5.96 Å². The summed E-state index contributed by atoms with van der Waals surface area (Å²) in [5.74, 6) is 0.868. The lowest BCUT2D eigenvalue weighted by Crippen LogP contribution is -2.38. The van der Waals surface area contributed by atoms with Gasteiger partial charge in [-0.25, -0.2) is 0 Å². The number of aromatic amines is 1. The molecule has 0 fully saturated rings. The van der Waals surface area contributed by atoms with Crippen LogP contribution < -0.4 is 5.32 Å². The first-order chi connectivity index (χ1) is 10.0. The number of nitrogens with zero attached hydrogens (tertiary/aromatic N) is 4. The largest absolute Gasteiger partial charge is 0.364 e. The van der Waals surface area contributed by atoms with Gasteiger partial charge in [0.2, 0.25) is 0 Å². The van der Waals surface area contributed by atoms with Crippen LogP contribution >= 0.6 is 0 Å². The monoisotopic (exact) mass is 288 g/mol. The number of H-pyrrole nitrogens is 1. The number of aliphatic imine (C=N–C) groups is 1. The Balaban J connectivity index is 1.99. The molecule has 6 nitrogen and oxygen atoms in total. The molecule has 0 atom stereocenters. The maximum absolute atomic E-state index is 4.44. The van der Waals surface area contributed by atoms with E-state index in [2.05, 4.69) is 38.3 Å². The van der Waals surface area contributed by atoms with E-state index >= 15 is 0 Å². The van der Waals surface area contributed by atoms with Crippen LogP contribution in [0.1, 0.15) is 22.6 Å². The molecule has 21 heavy (non-hydrogen) atoms. The Labute approximate surface area is 125 Å². The standard InChI is InChI=1S/C15H24N6/c1-11-14(12(2)21(5)19-11)9-18-15(16-3)20(4)10-13-7-6-8-17-13/h6-8,17H,9-10H2,1-5H3,(H,16,18). The van der Waals surface area contributed by atoms with Crippen molar-refractivity contribution in [2.24, 2.45) is 12.0 Å². The lowest BCUT2D eigenvalue weighted by molar-refractivity contribution is 0.470. The molecule has 0 saturated heterocycles. The number of aryl methyl sites for hydroxylation is 2. The van der Waals surface area contributed by atoms with Crippen LogP contribution in [-0.4, -0.2) is 39.7 Å². The zero-order valence-electron chi connectivity index (χ0n) is 13.4. The average Bonchev–Trinajstić information content (AvgIpc) is 3.02. The van der Waals surface area contributed by atoms with E-state index in [4.69, 9.17) is 0 Å². The fourth-order valence-corrected chi connectivity index (χ4v) is 2.42. The van der Waals surface area contributed by atoms with Crippen LogP contribution in [0.15, 0.2) is 23.3 Å². The normalized spacial score (nSPS) is 11.8. The summed E-state index contributed by atoms with van der Waals surface area (Å²) >= 11 is 0. The van der Waals surface area contributed by atoms with Crippen molar-refractivity contribution in [3.63, 3.8) is 0 Å². The van der Waals surface area contributed by atoms with Crippen molar-refractivity contribution in [2.75, 3.05) is 14.1 Å². The summed E-state index contributed by atoms with van der Waals surface area (Å²) in [4.78, 5) is 9.63. The van der Waals surface area contributed by atoms with Gasteiger partial charge in [0.05, 0.1) is 12.2 Å². The predicted octanol–water partition coefficient (Wildman–Crippen LogP) is 1.57. The van der Waals surface area contributed by atoms with Crippen molar-refractivity contribution in [3.8, 4) is 0 Å². The Bertz CT molecular complexity index is 608. The Hall–Kier alpha value is -2.24. The third-order valence-corrected chi connectivity index (χ3v) is 3.73. The number of nitrogens with one attached hydrogen (secondary N) is 2. The average molecular weight is 288 g/mol. The fourth-order valence-electron chi connectivity index (χ4n) is 2.42. The number of hydrogen-bond donors (Lipinski definition) is 2. The summed E-state index contributed by atoms with van der Waals surface area (Å²) in [7, 11) is 5.80. The van der Waals surface area contributed by atoms with Gasteiger partial charge in [-0.05, 0) is 26.0 Å². The van der Waals surface area contributed by atoms with Crippen LogP contribution in [0.4, 0.5) is 0 Å². The van der Waals surface area contributed by atoms with Crippen molar-refractivity contribution in [1.29, 1.82) is 0 Å². The Morgan fingerprint density at radius 2 is 2.24 bits per heavy atom. The number of guanidine groups is 1. The molecule has 0 amide bonds. The molecule has 2 rings (SSSR count). The minimum absolute atomic E-state index is 0.729. The molecule has 6 heteroatoms. The first-order valence-corrected chi connectivity index (χ1v) is 7.06. The van der Waals surface area contributed by atoms with Gasteiger partial charge in [0, 0.05) is 50.8 Å². The smallest absolute Gasteiger partial charge is 0.194 e. The summed E-state index contributed by atoms with van der Waals surface area (Å²) in [6.07, 6.45) is 1.93. The highest BCUT2D eigenvalue weighted by Crippen LogP contribution is 2.11. The van der Waals surface area contributed by atoms with Gasteiger partial charge in [-0.15, -0.1) is 0 Å². The van der Waals surface area contributed by atoms with E-state index in [1.165, 1.54) is 11.3 Å². The second-order valence-corrected chi connectivity index (χ2v) is 5.23. The molecular formula is C15H24N6. The van der Waals surface area contributed by atoms with Gasteiger partial charge >= 0.3 is 0 Å². The van der Waals surface area contributed by atoms with E-state index in [1.807, 2.05) is 38.0 Å². The Morgan fingerprint density at radius 3 is 2.76 bits per heavy atom. The van der Waals surface area contributed by atoms with Crippen molar-refractivity contribution in [2.45, 2.75) is 26.9 Å². The van der Waals surface area contributed by atoms with Crippen molar-refractivity contribution < 1.29 is 0 Å². The second-order valence-electron chi connectivity index (χ2n) is 5.23. The summed E-state index contributed by atoms with van der Waals surface area (Å²) in [6.45, 7) is 5.64. The number of aromatic nitrogens is 3. The third kappa shape index (κ3) is 3.45. The molecule has 2 heterocycles. The van der Waals surface area contributed by atoms with Crippen LogP contribution in [0.3, 0.4) is 0 Å². The number of rotatable bonds is 4. The second kappa shape index (κ2) is 6.47. The molecule has 0 aliphatic heterocycles. The minimum Gasteiger partial charge on any atom is -0.364 e. The van der Waals surface area contributed by atoms with Gasteiger partial charge in [0.1, 0.15) is 0 Å². The molecule has 0 bridgehead atoms. The molecule has 0 saturated carbocycles. The van der Waals surface area contributed by atoms with Gasteiger partial charge in [-0.1, -0.05) is 0 Å². The highest BCUT2D eigenvalue weighted by molar-refractivity contribution is 5.79. The van der Waals surface area contributed by atoms with Crippen LogP contribution in [0.2, 0.25) is 0 Å². The quantitative estimate of drug-likeness (QED) is 0.663. The van der Waals surface area contributed by atoms with Crippen molar-refractivity contribution in [3.05, 3.63) is 41.0 Å². The van der Waals surface area contributed by atoms with Gasteiger partial charge in [-0.3, -0.25) is 9.67 Å². The maximum Gasteiger partial charge on any atom is 0.194 e. The lowest BCUT2D eigenvalue weighted by atomic mass is 10.2. The van der Waals surface area contributed by atoms with E-state index in [0.717, 1.165) is 30.4 Å². The molecule has 2 aromatic rings. The fraction of sp³-hybridized carbons (Fsp3) is 0.467. The summed E-state index contributed by atoms with van der Waals surface area (Å²) < 4.78 is 1.91. The van der Waals surface area contributed by atoms with Gasteiger partial charge in [-0.2, -0.15) is 5.10 Å². The molecule has 2 aromatic heterocycles. The first kappa shape index (κ1) is 15.2. The van der Waals surface area contributed by atoms with Crippen LogP contribution in [0.5, 0.6) is 0 Å². The highest BCUT2D eigenvalue weighted by Gasteiger charge is 2.12. The van der Waals surface area contributed by atoms with E-state index in [1.54, 1.807) is 7.05 Å². The van der Waals surface area contributed by atoms with Crippen LogP contribution in [-0.2, 0) is 20.1 Å². The van der Waals surface area contributed by atoms with E-state index < -0.39 is 0 Å². The lowest BCUT2D eigenvalue weighted by Gasteiger charge is -2.21. The molecule has 0 aliphatic rings. The molecule has 0 unspecified atom stereocenters. The van der Waals surface area contributed by atoms with Crippen LogP contribution in [0.25, 0.3) is 0 Å². The zero-order chi connectivity index (χ0) is 15.4. The molecule has 0 aliphatic carbocycles. The molecule has 114 valence electrons. The van der Waals surface area contributed by atoms with E-state index in [0.29, 0.717) is 0 Å². The molecule has 0 spiro atoms. The predicted molar refractivity (Wildman–Crippen MR) is 85.1 cm³/mol. The van der Waals surface area contributed by atoms with E-state index in [-0.39, 0.29) is 0 Å². The minimum atomic E-state index is 0.729. The van der Waals surface area contributed by atoms with E-state index in [9.17, 15) is 0 Å². The third-order valence-electron chi connectivity index (χ3n) is 3.73. The summed E-state index contributed by atoms with van der Waals surface area (Å²) in [6, 6.07) is 4.07. The summed E-state index contributed by atoms with van der Waals surface area (Å²) in [5, 5.41) is 7.84. The SMILES string of the molecule is CN=C(NCc1c(C)nn(C)c1C)N(C)Cc1ccc[nH]1. The number of hydrogen-bond acceptors (Lipinski definition) is 2. The van der Waals surface area contributed by atoms with Crippen molar-refractivity contribution >= 4 is 5.96 Å². The van der Waals surface area contributed by atoms with Gasteiger partial charge in [0.25, 0.3) is 0 Å². The van der Waals surface area contributed by atoms with Gasteiger partial charge < -0.3 is 15.2 Å². The van der Waals surface area contributed by atoms with Crippen LogP contribution in [0, 0.1) is 13.8 Å². The summed E-state index contributed by atoms with van der Waals surface area (Å²) in [5.41, 5.74) is 4.63. The Kier molecular flexibility index (Phi) is 4.67.